The molecule has 1 aliphatic rings. The van der Waals surface area contributed by atoms with Gasteiger partial charge in [0.05, 0.1) is 12.3 Å². The Hall–Kier alpha value is -1.62. The standard InChI is InChI=1S/C10H8N2/c1-7-5-8-3-4-9(11-2)6-10(8)12-7/h3-4,6H,5H2,1H3. The topological polar surface area (TPSA) is 16.7 Å². The van der Waals surface area contributed by atoms with E-state index in [0.717, 1.165) is 17.8 Å². The van der Waals surface area contributed by atoms with Gasteiger partial charge in [-0.1, -0.05) is 12.1 Å². The molecule has 0 aromatic heterocycles. The van der Waals surface area contributed by atoms with Gasteiger partial charge in [-0.15, -0.1) is 0 Å². The summed E-state index contributed by atoms with van der Waals surface area (Å²) in [7, 11) is 0. The molecule has 0 N–H and O–H groups in total. The fourth-order valence-electron chi connectivity index (χ4n) is 1.40. The zero-order chi connectivity index (χ0) is 8.55. The summed E-state index contributed by atoms with van der Waals surface area (Å²) in [6.45, 7) is 8.84. The second kappa shape index (κ2) is 2.46. The predicted molar refractivity (Wildman–Crippen MR) is 49.2 cm³/mol. The van der Waals surface area contributed by atoms with Crippen molar-refractivity contribution < 1.29 is 0 Å². The van der Waals surface area contributed by atoms with Crippen LogP contribution in [0.2, 0.25) is 0 Å². The van der Waals surface area contributed by atoms with Gasteiger partial charge in [0.1, 0.15) is 0 Å². The molecule has 0 fully saturated rings. The molecule has 58 valence electrons. The van der Waals surface area contributed by atoms with Crippen LogP contribution < -0.4 is 0 Å². The number of benzene rings is 1. The van der Waals surface area contributed by atoms with Crippen LogP contribution in [0.15, 0.2) is 23.2 Å². The molecule has 0 saturated heterocycles. The van der Waals surface area contributed by atoms with E-state index >= 15 is 0 Å². The minimum absolute atomic E-state index is 0.673. The fourth-order valence-corrected chi connectivity index (χ4v) is 1.40. The molecule has 0 saturated carbocycles. The molecule has 0 bridgehead atoms. The molecular weight excluding hydrogens is 148 g/mol. The monoisotopic (exact) mass is 156 g/mol. The Morgan fingerprint density at radius 3 is 3.08 bits per heavy atom. The lowest BCUT2D eigenvalue weighted by atomic mass is 10.1. The molecular formula is C10H8N2. The van der Waals surface area contributed by atoms with E-state index in [9.17, 15) is 0 Å². The molecule has 0 spiro atoms. The summed E-state index contributed by atoms with van der Waals surface area (Å²) in [5.74, 6) is 0. The smallest absolute Gasteiger partial charge is 0.189 e. The Morgan fingerprint density at radius 1 is 1.50 bits per heavy atom. The lowest BCUT2D eigenvalue weighted by molar-refractivity contribution is 1.39. The second-order valence-corrected chi connectivity index (χ2v) is 2.95. The van der Waals surface area contributed by atoms with Crippen LogP contribution >= 0.6 is 0 Å². The van der Waals surface area contributed by atoms with E-state index in [4.69, 9.17) is 6.57 Å². The Balaban J connectivity index is 2.54. The van der Waals surface area contributed by atoms with E-state index < -0.39 is 0 Å². The van der Waals surface area contributed by atoms with Crippen LogP contribution in [-0.2, 0) is 6.42 Å². The van der Waals surface area contributed by atoms with Crippen LogP contribution in [0.1, 0.15) is 12.5 Å². The van der Waals surface area contributed by atoms with E-state index in [2.05, 4.69) is 9.84 Å². The van der Waals surface area contributed by atoms with Gasteiger partial charge < -0.3 is 0 Å². The number of hydrogen-bond donors (Lipinski definition) is 0. The Kier molecular flexibility index (Phi) is 1.44. The molecule has 0 unspecified atom stereocenters. The summed E-state index contributed by atoms with van der Waals surface area (Å²) in [6.07, 6.45) is 0.938. The molecule has 0 aliphatic carbocycles. The van der Waals surface area contributed by atoms with Gasteiger partial charge in [-0.25, -0.2) is 4.85 Å². The maximum absolute atomic E-state index is 6.83. The van der Waals surface area contributed by atoms with Crippen LogP contribution in [-0.4, -0.2) is 5.71 Å². The highest BCUT2D eigenvalue weighted by Crippen LogP contribution is 2.30. The molecule has 0 amide bonds. The van der Waals surface area contributed by atoms with Gasteiger partial charge in [-0.2, -0.15) is 0 Å². The number of fused-ring (bicyclic) bond motifs is 1. The SMILES string of the molecule is [C-]#[N+]c1ccc2c(c1)N=C(C)C2. The third kappa shape index (κ3) is 0.998. The molecule has 1 heterocycles. The predicted octanol–water partition coefficient (Wildman–Crippen LogP) is 2.89. The van der Waals surface area contributed by atoms with E-state index in [-0.39, 0.29) is 0 Å². The first-order valence-corrected chi connectivity index (χ1v) is 3.84. The molecule has 1 aliphatic heterocycles. The molecule has 0 atom stereocenters. The lowest BCUT2D eigenvalue weighted by Gasteiger charge is -1.95. The first-order chi connectivity index (χ1) is 5.79. The Labute approximate surface area is 71.4 Å². The van der Waals surface area contributed by atoms with Crippen LogP contribution in [0.5, 0.6) is 0 Å². The third-order valence-electron chi connectivity index (χ3n) is 1.96. The summed E-state index contributed by atoms with van der Waals surface area (Å²) in [4.78, 5) is 7.69. The van der Waals surface area contributed by atoms with E-state index in [1.807, 2.05) is 25.1 Å². The molecule has 2 nitrogen and oxygen atoms in total. The van der Waals surface area contributed by atoms with Crippen molar-refractivity contribution in [2.75, 3.05) is 0 Å². The fraction of sp³-hybridized carbons (Fsp3) is 0.200. The van der Waals surface area contributed by atoms with Crippen molar-refractivity contribution in [3.8, 4) is 0 Å². The van der Waals surface area contributed by atoms with E-state index in [0.29, 0.717) is 5.69 Å². The average molecular weight is 156 g/mol. The quantitative estimate of drug-likeness (QED) is 0.514. The summed E-state index contributed by atoms with van der Waals surface area (Å²) in [5, 5.41) is 0. The highest BCUT2D eigenvalue weighted by atomic mass is 14.8. The van der Waals surface area contributed by atoms with Gasteiger partial charge in [0.25, 0.3) is 0 Å². The molecule has 12 heavy (non-hydrogen) atoms. The molecule has 2 rings (SSSR count). The minimum atomic E-state index is 0.673. The van der Waals surface area contributed by atoms with E-state index in [1.54, 1.807) is 0 Å². The van der Waals surface area contributed by atoms with E-state index in [1.165, 1.54) is 5.56 Å². The molecule has 1 aromatic rings. The van der Waals surface area contributed by atoms with Crippen LogP contribution in [0.25, 0.3) is 4.85 Å². The van der Waals surface area contributed by atoms with Gasteiger partial charge in [-0.3, -0.25) is 4.99 Å². The third-order valence-corrected chi connectivity index (χ3v) is 1.96. The van der Waals surface area contributed by atoms with Crippen LogP contribution in [0.3, 0.4) is 0 Å². The van der Waals surface area contributed by atoms with Crippen molar-refractivity contribution in [1.82, 2.24) is 0 Å². The molecule has 1 aromatic carbocycles. The number of rotatable bonds is 0. The van der Waals surface area contributed by atoms with Gasteiger partial charge >= 0.3 is 0 Å². The first-order valence-electron chi connectivity index (χ1n) is 3.84. The first kappa shape index (κ1) is 7.05. The van der Waals surface area contributed by atoms with Gasteiger partial charge in [0.2, 0.25) is 0 Å². The zero-order valence-corrected chi connectivity index (χ0v) is 6.83. The van der Waals surface area contributed by atoms with Crippen molar-refractivity contribution in [2.45, 2.75) is 13.3 Å². The average Bonchev–Trinajstić information content (AvgIpc) is 2.43. The number of hydrogen-bond acceptors (Lipinski definition) is 1. The Bertz CT molecular complexity index is 397. The largest absolute Gasteiger partial charge is 0.259 e. The molecule has 0 radical (unpaired) electrons. The van der Waals surface area contributed by atoms with Crippen molar-refractivity contribution in [2.24, 2.45) is 4.99 Å². The summed E-state index contributed by atoms with van der Waals surface area (Å²) in [5.41, 5.74) is 4.01. The maximum atomic E-state index is 6.83. The van der Waals surface area contributed by atoms with Crippen molar-refractivity contribution in [1.29, 1.82) is 0 Å². The van der Waals surface area contributed by atoms with Crippen molar-refractivity contribution in [3.63, 3.8) is 0 Å². The highest BCUT2D eigenvalue weighted by molar-refractivity contribution is 5.92. The van der Waals surface area contributed by atoms with Crippen molar-refractivity contribution >= 4 is 17.1 Å². The maximum Gasteiger partial charge on any atom is 0.189 e. The second-order valence-electron chi connectivity index (χ2n) is 2.95. The van der Waals surface area contributed by atoms with Crippen molar-refractivity contribution in [3.05, 3.63) is 35.2 Å². The van der Waals surface area contributed by atoms with Crippen LogP contribution in [0.4, 0.5) is 11.4 Å². The normalized spacial score (nSPS) is 13.5. The number of aliphatic imine (C=N–C) groups is 1. The Morgan fingerprint density at radius 2 is 2.33 bits per heavy atom. The lowest BCUT2D eigenvalue weighted by Crippen LogP contribution is -1.87. The summed E-state index contributed by atoms with van der Waals surface area (Å²) < 4.78 is 0. The van der Waals surface area contributed by atoms with Gasteiger partial charge in [-0.05, 0) is 18.6 Å². The summed E-state index contributed by atoms with van der Waals surface area (Å²) in [6, 6.07) is 5.68. The van der Waals surface area contributed by atoms with Crippen LogP contribution in [0, 0.1) is 6.57 Å². The number of nitrogens with zero attached hydrogens (tertiary/aromatic N) is 2. The highest BCUT2D eigenvalue weighted by Gasteiger charge is 2.10. The summed E-state index contributed by atoms with van der Waals surface area (Å²) >= 11 is 0. The minimum Gasteiger partial charge on any atom is -0.259 e. The van der Waals surface area contributed by atoms with Gasteiger partial charge in [0, 0.05) is 12.1 Å². The van der Waals surface area contributed by atoms with Gasteiger partial charge in [0.15, 0.2) is 5.69 Å². The molecule has 2 heteroatoms. The zero-order valence-electron chi connectivity index (χ0n) is 6.83.